The van der Waals surface area contributed by atoms with E-state index in [4.69, 9.17) is 16.6 Å². The van der Waals surface area contributed by atoms with Crippen LogP contribution < -0.4 is 27.4 Å². The zero-order valence-corrected chi connectivity index (χ0v) is 24.4. The maximum atomic E-state index is 13.5. The number of hydrogen-bond acceptors (Lipinski definition) is 10. The van der Waals surface area contributed by atoms with E-state index in [-0.39, 0.29) is 51.7 Å². The van der Waals surface area contributed by atoms with Crippen LogP contribution >= 0.6 is 0 Å². The lowest BCUT2D eigenvalue weighted by Gasteiger charge is -2.30. The molecule has 0 bridgehead atoms. The van der Waals surface area contributed by atoms with E-state index in [2.05, 4.69) is 16.0 Å². The van der Waals surface area contributed by atoms with E-state index in [1.54, 1.807) is 0 Å². The second-order valence-corrected chi connectivity index (χ2v) is 10.7. The number of nitrogens with two attached hydrogens (primary N) is 2. The molecule has 0 aliphatic carbocycles. The van der Waals surface area contributed by atoms with E-state index in [0.717, 1.165) is 4.90 Å². The highest BCUT2D eigenvalue weighted by Gasteiger charge is 2.41. The molecule has 0 aromatic rings. The number of carbonyl (C=O) groups is 9. The van der Waals surface area contributed by atoms with Gasteiger partial charge >= 0.3 is 17.9 Å². The number of carboxylic acid groups (broad SMARTS) is 3. The molecule has 2 heterocycles. The third-order valence-electron chi connectivity index (χ3n) is 7.46. The minimum absolute atomic E-state index is 0.0374. The molecule has 2 aliphatic rings. The zero-order valence-electron chi connectivity index (χ0n) is 24.4. The van der Waals surface area contributed by atoms with Gasteiger partial charge in [0.25, 0.3) is 0 Å². The topological polar surface area (TPSA) is 309 Å². The van der Waals surface area contributed by atoms with Crippen LogP contribution in [0.4, 0.5) is 0 Å². The average molecular weight is 642 g/mol. The summed E-state index contributed by atoms with van der Waals surface area (Å²) in [6, 6.07) is -6.95. The first kappa shape index (κ1) is 36.4. The van der Waals surface area contributed by atoms with E-state index in [1.807, 2.05) is 0 Å². The first-order valence-electron chi connectivity index (χ1n) is 14.3. The molecule has 5 unspecified atom stereocenters. The van der Waals surface area contributed by atoms with Gasteiger partial charge in [0.1, 0.15) is 30.2 Å². The summed E-state index contributed by atoms with van der Waals surface area (Å²) >= 11 is 0. The van der Waals surface area contributed by atoms with Crippen molar-refractivity contribution in [1.82, 2.24) is 25.8 Å². The Morgan fingerprint density at radius 1 is 0.711 bits per heavy atom. The second kappa shape index (κ2) is 16.9. The molecule has 19 heteroatoms. The van der Waals surface area contributed by atoms with E-state index in [9.17, 15) is 53.4 Å². The summed E-state index contributed by atoms with van der Waals surface area (Å²) in [6.45, 7) is -0.119. The van der Waals surface area contributed by atoms with Crippen molar-refractivity contribution in [3.63, 3.8) is 0 Å². The number of aliphatic carboxylic acids is 3. The van der Waals surface area contributed by atoms with Crippen LogP contribution in [-0.2, 0) is 43.2 Å². The van der Waals surface area contributed by atoms with Gasteiger partial charge in [-0.2, -0.15) is 0 Å². The van der Waals surface area contributed by atoms with Gasteiger partial charge in [-0.25, -0.2) is 4.79 Å². The van der Waals surface area contributed by atoms with Gasteiger partial charge in [0, 0.05) is 25.9 Å². The minimum Gasteiger partial charge on any atom is -0.481 e. The fraction of sp³-hybridized carbons (Fsp3) is 0.654. The maximum Gasteiger partial charge on any atom is 0.326 e. The van der Waals surface area contributed by atoms with E-state index < -0.39 is 103 Å². The summed E-state index contributed by atoms with van der Waals surface area (Å²) in [7, 11) is 0. The number of hydrogen-bond donors (Lipinski definition) is 8. The highest BCUT2D eigenvalue weighted by molar-refractivity contribution is 5.97. The number of likely N-dealkylation sites (tertiary alicyclic amines) is 2. The lowest BCUT2D eigenvalue weighted by atomic mass is 10.1. The van der Waals surface area contributed by atoms with Crippen molar-refractivity contribution < 1.29 is 58.5 Å². The summed E-state index contributed by atoms with van der Waals surface area (Å²) in [6.07, 6.45) is -1.46. The Labute approximate surface area is 257 Å². The molecule has 19 nitrogen and oxygen atoms in total. The molecule has 45 heavy (non-hydrogen) atoms. The van der Waals surface area contributed by atoms with Crippen molar-refractivity contribution in [2.24, 2.45) is 11.5 Å². The fourth-order valence-electron chi connectivity index (χ4n) is 5.22. The van der Waals surface area contributed by atoms with Crippen molar-refractivity contribution in [3.05, 3.63) is 0 Å². The molecule has 0 spiro atoms. The van der Waals surface area contributed by atoms with Crippen molar-refractivity contribution >= 4 is 53.4 Å². The van der Waals surface area contributed by atoms with Crippen LogP contribution in [0.15, 0.2) is 0 Å². The zero-order chi connectivity index (χ0) is 33.8. The van der Waals surface area contributed by atoms with E-state index in [0.29, 0.717) is 6.42 Å². The molecule has 2 fully saturated rings. The molecule has 250 valence electrons. The van der Waals surface area contributed by atoms with Gasteiger partial charge < -0.3 is 52.5 Å². The number of nitrogens with one attached hydrogen (secondary N) is 3. The molecular weight excluding hydrogens is 602 g/mol. The molecular formula is C26H39N7O12. The summed E-state index contributed by atoms with van der Waals surface area (Å²) < 4.78 is 0. The smallest absolute Gasteiger partial charge is 0.326 e. The highest BCUT2D eigenvalue weighted by Crippen LogP contribution is 2.21. The van der Waals surface area contributed by atoms with Crippen LogP contribution in [0.2, 0.25) is 0 Å². The molecule has 5 atom stereocenters. The summed E-state index contributed by atoms with van der Waals surface area (Å²) in [5.41, 5.74) is 10.6. The Balaban J connectivity index is 2.22. The molecule has 0 radical (unpaired) electrons. The molecule has 2 saturated heterocycles. The monoisotopic (exact) mass is 641 g/mol. The van der Waals surface area contributed by atoms with Gasteiger partial charge in [-0.05, 0) is 38.5 Å². The third-order valence-corrected chi connectivity index (χ3v) is 7.46. The van der Waals surface area contributed by atoms with Crippen LogP contribution in [0, 0.1) is 0 Å². The molecule has 2 aliphatic heterocycles. The normalized spacial score (nSPS) is 19.6. The highest BCUT2D eigenvalue weighted by atomic mass is 16.4. The van der Waals surface area contributed by atoms with Crippen LogP contribution in [-0.4, -0.2) is 128 Å². The van der Waals surface area contributed by atoms with Gasteiger partial charge in [-0.3, -0.25) is 38.4 Å². The fourth-order valence-corrected chi connectivity index (χ4v) is 5.22. The Morgan fingerprint density at radius 3 is 1.76 bits per heavy atom. The van der Waals surface area contributed by atoms with Crippen LogP contribution in [0.3, 0.4) is 0 Å². The molecule has 0 aromatic carbocycles. The third kappa shape index (κ3) is 10.7. The Morgan fingerprint density at radius 2 is 1.24 bits per heavy atom. The Bertz CT molecular complexity index is 1190. The van der Waals surface area contributed by atoms with Gasteiger partial charge in [0.05, 0.1) is 13.0 Å². The predicted octanol–water partition coefficient (Wildman–Crippen LogP) is -3.93. The lowest BCUT2D eigenvalue weighted by Crippen LogP contribution is -2.59. The number of nitrogens with zero attached hydrogens (tertiary/aromatic N) is 2. The van der Waals surface area contributed by atoms with E-state index in [1.165, 1.54) is 4.90 Å². The second-order valence-electron chi connectivity index (χ2n) is 10.7. The van der Waals surface area contributed by atoms with Gasteiger partial charge in [0.2, 0.25) is 35.4 Å². The summed E-state index contributed by atoms with van der Waals surface area (Å²) in [5, 5.41) is 34.6. The number of rotatable bonds is 17. The van der Waals surface area contributed by atoms with Crippen molar-refractivity contribution in [2.45, 2.75) is 88.0 Å². The Hall–Kier alpha value is -4.81. The number of primary amides is 1. The lowest BCUT2D eigenvalue weighted by molar-refractivity contribution is -0.148. The molecule has 6 amide bonds. The van der Waals surface area contributed by atoms with Gasteiger partial charge in [-0.1, -0.05) is 0 Å². The van der Waals surface area contributed by atoms with Crippen LogP contribution in [0.1, 0.15) is 57.8 Å². The van der Waals surface area contributed by atoms with Gasteiger partial charge in [-0.15, -0.1) is 0 Å². The Kier molecular flexibility index (Phi) is 13.6. The first-order valence-corrected chi connectivity index (χ1v) is 14.3. The average Bonchev–Trinajstić information content (AvgIpc) is 3.66. The first-order chi connectivity index (χ1) is 21.2. The number of carbonyl (C=O) groups excluding carboxylic acids is 6. The largest absolute Gasteiger partial charge is 0.481 e. The summed E-state index contributed by atoms with van der Waals surface area (Å²) in [5.74, 6) is -9.20. The SMILES string of the molecule is NCC(=O)N1CCCC1C(=O)NC(CCC(N)=O)C(=O)NC(CC(=O)O)C(=O)N1CCCC1C(=O)NC(CCC(=O)O)C(=O)O. The molecule has 0 aromatic heterocycles. The van der Waals surface area contributed by atoms with E-state index >= 15 is 0 Å². The number of carboxylic acids is 3. The van der Waals surface area contributed by atoms with Crippen LogP contribution in [0.25, 0.3) is 0 Å². The van der Waals surface area contributed by atoms with Crippen molar-refractivity contribution in [1.29, 1.82) is 0 Å². The molecule has 0 saturated carbocycles. The standard InChI is InChI=1S/C26H39N7O12/c27-12-19(35)32-9-1-3-16(32)23(41)29-13(5-7-18(28)34)22(40)31-15(11-21(38)39)25(43)33-10-2-4-17(33)24(42)30-14(26(44)45)6-8-20(36)37/h13-17H,1-12,27H2,(H2,28,34)(H,29,41)(H,30,42)(H,31,40)(H,36,37)(H,38,39)(H,44,45). The predicted molar refractivity (Wildman–Crippen MR) is 150 cm³/mol. The quantitative estimate of drug-likeness (QED) is 0.0753. The van der Waals surface area contributed by atoms with Gasteiger partial charge in [0.15, 0.2) is 0 Å². The minimum atomic E-state index is -1.74. The number of amides is 6. The maximum absolute atomic E-state index is 13.5. The van der Waals surface area contributed by atoms with Crippen molar-refractivity contribution in [3.8, 4) is 0 Å². The molecule has 10 N–H and O–H groups in total. The summed E-state index contributed by atoms with van der Waals surface area (Å²) in [4.78, 5) is 113. The van der Waals surface area contributed by atoms with Crippen molar-refractivity contribution in [2.75, 3.05) is 19.6 Å². The van der Waals surface area contributed by atoms with Crippen LogP contribution in [0.5, 0.6) is 0 Å². The molecule has 2 rings (SSSR count).